The third kappa shape index (κ3) is 1.92. The van der Waals surface area contributed by atoms with Crippen molar-refractivity contribution in [3.63, 3.8) is 0 Å². The van der Waals surface area contributed by atoms with Gasteiger partial charge in [-0.25, -0.2) is 0 Å². The molecule has 3 heteroatoms. The van der Waals surface area contributed by atoms with E-state index < -0.39 is 0 Å². The highest BCUT2D eigenvalue weighted by Gasteiger charge is 2.17. The zero-order chi connectivity index (χ0) is 10.7. The number of benzene rings is 1. The Kier molecular flexibility index (Phi) is 3.23. The van der Waals surface area contributed by atoms with E-state index in [2.05, 4.69) is 6.92 Å². The SMILES string of the molecule is [CH2]CCc1c(C)ccc(C)c1[N+](=O)[O-]. The third-order valence-corrected chi connectivity index (χ3v) is 2.33. The van der Waals surface area contributed by atoms with Gasteiger partial charge in [-0.05, 0) is 32.3 Å². The van der Waals surface area contributed by atoms with Gasteiger partial charge in [0.1, 0.15) is 0 Å². The molecule has 0 N–H and O–H groups in total. The molecule has 1 rings (SSSR count). The number of nitrogens with zero attached hydrogens (tertiary/aromatic N) is 1. The topological polar surface area (TPSA) is 43.1 Å². The van der Waals surface area contributed by atoms with Gasteiger partial charge in [0, 0.05) is 11.1 Å². The van der Waals surface area contributed by atoms with Gasteiger partial charge in [0.15, 0.2) is 0 Å². The van der Waals surface area contributed by atoms with Crippen molar-refractivity contribution in [1.82, 2.24) is 0 Å². The summed E-state index contributed by atoms with van der Waals surface area (Å²) < 4.78 is 0. The number of aryl methyl sites for hydroxylation is 2. The Bertz CT molecular complexity index is 359. The molecule has 0 heterocycles. The van der Waals surface area contributed by atoms with Crippen molar-refractivity contribution in [1.29, 1.82) is 0 Å². The lowest BCUT2D eigenvalue weighted by atomic mass is 9.99. The molecule has 0 aliphatic heterocycles. The van der Waals surface area contributed by atoms with Crippen molar-refractivity contribution in [3.05, 3.63) is 45.9 Å². The van der Waals surface area contributed by atoms with Crippen LogP contribution in [0.4, 0.5) is 5.69 Å². The number of hydrogen-bond acceptors (Lipinski definition) is 2. The summed E-state index contributed by atoms with van der Waals surface area (Å²) in [6, 6.07) is 3.72. The maximum Gasteiger partial charge on any atom is 0.275 e. The first-order valence-electron chi connectivity index (χ1n) is 4.60. The summed E-state index contributed by atoms with van der Waals surface area (Å²) in [7, 11) is 0. The van der Waals surface area contributed by atoms with Gasteiger partial charge in [0.05, 0.1) is 4.92 Å². The fourth-order valence-electron chi connectivity index (χ4n) is 1.60. The summed E-state index contributed by atoms with van der Waals surface area (Å²) in [6.45, 7) is 7.40. The van der Waals surface area contributed by atoms with Gasteiger partial charge in [-0.2, -0.15) is 0 Å². The lowest BCUT2D eigenvalue weighted by molar-refractivity contribution is -0.386. The molecule has 3 nitrogen and oxygen atoms in total. The maximum atomic E-state index is 10.9. The molecule has 0 atom stereocenters. The Morgan fingerprint density at radius 2 is 1.93 bits per heavy atom. The molecule has 0 amide bonds. The maximum absolute atomic E-state index is 10.9. The van der Waals surface area contributed by atoms with E-state index in [9.17, 15) is 10.1 Å². The van der Waals surface area contributed by atoms with Crippen LogP contribution in [0.15, 0.2) is 12.1 Å². The highest BCUT2D eigenvalue weighted by Crippen LogP contribution is 2.27. The highest BCUT2D eigenvalue weighted by molar-refractivity contribution is 5.51. The quantitative estimate of drug-likeness (QED) is 0.545. The molecule has 1 aromatic carbocycles. The minimum Gasteiger partial charge on any atom is -0.258 e. The van der Waals surface area contributed by atoms with Crippen LogP contribution in [0.1, 0.15) is 23.1 Å². The van der Waals surface area contributed by atoms with E-state index in [1.165, 1.54) is 0 Å². The van der Waals surface area contributed by atoms with Gasteiger partial charge in [-0.15, -0.1) is 0 Å². The van der Waals surface area contributed by atoms with Gasteiger partial charge < -0.3 is 0 Å². The molecule has 0 aliphatic carbocycles. The molecule has 0 saturated heterocycles. The number of nitro benzene ring substituents is 1. The Labute approximate surface area is 83.9 Å². The second-order valence-corrected chi connectivity index (χ2v) is 3.39. The zero-order valence-corrected chi connectivity index (χ0v) is 8.54. The Balaban J connectivity index is 3.33. The van der Waals surface area contributed by atoms with Crippen molar-refractivity contribution < 1.29 is 4.92 Å². The molecule has 0 aromatic heterocycles. The standard InChI is InChI=1S/C11H14NO2/c1-4-5-10-8(2)6-7-9(3)11(10)12(13)14/h6-7H,1,4-5H2,2-3H3. The van der Waals surface area contributed by atoms with E-state index in [4.69, 9.17) is 0 Å². The summed E-state index contributed by atoms with van der Waals surface area (Å²) in [5.41, 5.74) is 2.79. The molecule has 0 aliphatic rings. The van der Waals surface area contributed by atoms with E-state index in [0.717, 1.165) is 16.7 Å². The van der Waals surface area contributed by atoms with E-state index in [0.29, 0.717) is 12.8 Å². The van der Waals surface area contributed by atoms with Crippen molar-refractivity contribution in [2.75, 3.05) is 0 Å². The van der Waals surface area contributed by atoms with Crippen molar-refractivity contribution in [2.45, 2.75) is 26.7 Å². The normalized spacial score (nSPS) is 10.2. The fraction of sp³-hybridized carbons (Fsp3) is 0.364. The van der Waals surface area contributed by atoms with E-state index in [1.807, 2.05) is 13.0 Å². The molecule has 0 fully saturated rings. The minimum atomic E-state index is -0.298. The van der Waals surface area contributed by atoms with Crippen molar-refractivity contribution >= 4 is 5.69 Å². The molecule has 1 radical (unpaired) electrons. The number of rotatable bonds is 3. The van der Waals surface area contributed by atoms with Crippen LogP contribution in [0.2, 0.25) is 0 Å². The molecule has 0 bridgehead atoms. The van der Waals surface area contributed by atoms with Crippen molar-refractivity contribution in [3.8, 4) is 0 Å². The fourth-order valence-corrected chi connectivity index (χ4v) is 1.60. The first kappa shape index (κ1) is 10.7. The monoisotopic (exact) mass is 192 g/mol. The average molecular weight is 192 g/mol. The predicted molar refractivity (Wildman–Crippen MR) is 56.2 cm³/mol. The summed E-state index contributed by atoms with van der Waals surface area (Å²) in [5.74, 6) is 0. The van der Waals surface area contributed by atoms with Crippen LogP contribution in [0.25, 0.3) is 0 Å². The molecule has 0 saturated carbocycles. The number of hydrogen-bond donors (Lipinski definition) is 0. The summed E-state index contributed by atoms with van der Waals surface area (Å²) in [6.07, 6.45) is 1.36. The van der Waals surface area contributed by atoms with Crippen LogP contribution in [0, 0.1) is 30.9 Å². The summed E-state index contributed by atoms with van der Waals surface area (Å²) >= 11 is 0. The molecule has 0 unspecified atom stereocenters. The first-order chi connectivity index (χ1) is 6.57. The van der Waals surface area contributed by atoms with Crippen LogP contribution in [-0.4, -0.2) is 4.92 Å². The van der Waals surface area contributed by atoms with E-state index in [-0.39, 0.29) is 10.6 Å². The van der Waals surface area contributed by atoms with Gasteiger partial charge >= 0.3 is 0 Å². The van der Waals surface area contributed by atoms with Crippen molar-refractivity contribution in [2.24, 2.45) is 0 Å². The van der Waals surface area contributed by atoms with Gasteiger partial charge in [0.25, 0.3) is 5.69 Å². The first-order valence-corrected chi connectivity index (χ1v) is 4.60. The van der Waals surface area contributed by atoms with Crippen LogP contribution < -0.4 is 0 Å². The van der Waals surface area contributed by atoms with Gasteiger partial charge in [0.2, 0.25) is 0 Å². The largest absolute Gasteiger partial charge is 0.275 e. The number of nitro groups is 1. The molecule has 1 aromatic rings. The van der Waals surface area contributed by atoms with Crippen LogP contribution in [-0.2, 0) is 6.42 Å². The third-order valence-electron chi connectivity index (χ3n) is 2.33. The Morgan fingerprint density at radius 1 is 1.36 bits per heavy atom. The van der Waals surface area contributed by atoms with Crippen LogP contribution in [0.5, 0.6) is 0 Å². The average Bonchev–Trinajstić information content (AvgIpc) is 2.11. The van der Waals surface area contributed by atoms with Crippen LogP contribution >= 0.6 is 0 Å². The molecular formula is C11H14NO2. The highest BCUT2D eigenvalue weighted by atomic mass is 16.6. The molecular weight excluding hydrogens is 178 g/mol. The van der Waals surface area contributed by atoms with Crippen LogP contribution in [0.3, 0.4) is 0 Å². The summed E-state index contributed by atoms with van der Waals surface area (Å²) in [5, 5.41) is 10.9. The van der Waals surface area contributed by atoms with E-state index in [1.54, 1.807) is 13.0 Å². The lowest BCUT2D eigenvalue weighted by Gasteiger charge is -2.07. The Hall–Kier alpha value is -1.38. The predicted octanol–water partition coefficient (Wildman–Crippen LogP) is 2.98. The van der Waals surface area contributed by atoms with Gasteiger partial charge in [-0.1, -0.05) is 19.1 Å². The zero-order valence-electron chi connectivity index (χ0n) is 8.54. The minimum absolute atomic E-state index is 0.258. The Morgan fingerprint density at radius 3 is 2.43 bits per heavy atom. The lowest BCUT2D eigenvalue weighted by Crippen LogP contribution is -2.00. The second-order valence-electron chi connectivity index (χ2n) is 3.39. The molecule has 0 spiro atoms. The van der Waals surface area contributed by atoms with E-state index >= 15 is 0 Å². The summed E-state index contributed by atoms with van der Waals surface area (Å²) in [4.78, 5) is 10.6. The van der Waals surface area contributed by atoms with Gasteiger partial charge in [-0.3, -0.25) is 10.1 Å². The molecule has 14 heavy (non-hydrogen) atoms. The smallest absolute Gasteiger partial charge is 0.258 e. The second kappa shape index (κ2) is 4.22. The molecule has 75 valence electrons.